The average Bonchev–Trinajstić information content (AvgIpc) is 2.98. The Morgan fingerprint density at radius 1 is 1.12 bits per heavy atom. The normalized spacial score (nSPS) is 16.1. The first-order chi connectivity index (χ1) is 11.9. The Morgan fingerprint density at radius 2 is 1.72 bits per heavy atom. The quantitative estimate of drug-likeness (QED) is 0.299. The zero-order valence-corrected chi connectivity index (χ0v) is 14.4. The molecule has 1 heterocycles. The van der Waals surface area contributed by atoms with Crippen molar-refractivity contribution in [3.63, 3.8) is 0 Å². The molecular weight excluding hydrogens is 334 g/mol. The monoisotopic (exact) mass is 357 g/mol. The molecule has 0 bridgehead atoms. The van der Waals surface area contributed by atoms with Gasteiger partial charge in [0.05, 0.1) is 13.0 Å². The second-order valence-corrected chi connectivity index (χ2v) is 5.35. The first kappa shape index (κ1) is 20.7. The Kier molecular flexibility index (Phi) is 9.28. The molecule has 1 rings (SSSR count). The van der Waals surface area contributed by atoms with Gasteiger partial charge in [0.2, 0.25) is 5.76 Å². The van der Waals surface area contributed by atoms with Crippen molar-refractivity contribution in [1.82, 2.24) is 4.90 Å². The summed E-state index contributed by atoms with van der Waals surface area (Å²) in [4.78, 5) is 46.0. The maximum absolute atomic E-state index is 11.9. The van der Waals surface area contributed by atoms with Crippen LogP contribution in [0.1, 0.15) is 26.7 Å². The van der Waals surface area contributed by atoms with E-state index in [4.69, 9.17) is 18.9 Å². The summed E-state index contributed by atoms with van der Waals surface area (Å²) < 4.78 is 19.9. The van der Waals surface area contributed by atoms with Crippen molar-refractivity contribution in [2.45, 2.75) is 32.8 Å². The molecule has 0 aliphatic carbocycles. The summed E-state index contributed by atoms with van der Waals surface area (Å²) in [5, 5.41) is 0. The second kappa shape index (κ2) is 11.2. The van der Waals surface area contributed by atoms with E-state index in [1.807, 2.05) is 4.90 Å². The van der Waals surface area contributed by atoms with Crippen LogP contribution in [0.2, 0.25) is 0 Å². The van der Waals surface area contributed by atoms with Crippen LogP contribution >= 0.6 is 0 Å². The molecule has 1 saturated heterocycles. The van der Waals surface area contributed by atoms with Crippen LogP contribution < -0.4 is 0 Å². The van der Waals surface area contributed by atoms with Crippen molar-refractivity contribution in [2.24, 2.45) is 0 Å². The summed E-state index contributed by atoms with van der Waals surface area (Å²) in [5.74, 6) is 0.362. The molecule has 1 aliphatic rings. The van der Waals surface area contributed by atoms with E-state index in [9.17, 15) is 19.2 Å². The van der Waals surface area contributed by atoms with Gasteiger partial charge in [0.1, 0.15) is 13.2 Å². The van der Waals surface area contributed by atoms with Crippen LogP contribution in [0.5, 0.6) is 0 Å². The number of carbonyl (C=O) groups is 3. The summed E-state index contributed by atoms with van der Waals surface area (Å²) >= 11 is 0. The predicted molar refractivity (Wildman–Crippen MR) is 84.0 cm³/mol. The van der Waals surface area contributed by atoms with Crippen LogP contribution in [0.25, 0.3) is 0 Å². The van der Waals surface area contributed by atoms with Gasteiger partial charge in [-0.3, -0.25) is 19.3 Å². The molecule has 9 heteroatoms. The molecule has 1 atom stereocenters. The van der Waals surface area contributed by atoms with E-state index in [-0.39, 0.29) is 25.4 Å². The summed E-state index contributed by atoms with van der Waals surface area (Å²) in [6.45, 7) is 4.37. The summed E-state index contributed by atoms with van der Waals surface area (Å²) in [7, 11) is 0. The lowest BCUT2D eigenvalue weighted by Gasteiger charge is -2.21. The lowest BCUT2D eigenvalue weighted by molar-refractivity contribution is -0.148. The second-order valence-electron chi connectivity index (χ2n) is 5.35. The Labute approximate surface area is 145 Å². The fourth-order valence-corrected chi connectivity index (χ4v) is 2.15. The number of nitrogens with zero attached hydrogens (tertiary/aromatic N) is 1. The molecular formula is C16H23NO8. The van der Waals surface area contributed by atoms with Crippen LogP contribution in [-0.4, -0.2) is 74.3 Å². The third kappa shape index (κ3) is 8.88. The molecule has 0 spiro atoms. The van der Waals surface area contributed by atoms with Gasteiger partial charge in [0.25, 0.3) is 0 Å². The number of rotatable bonds is 10. The van der Waals surface area contributed by atoms with Gasteiger partial charge in [-0.25, -0.2) is 4.79 Å². The van der Waals surface area contributed by atoms with Crippen LogP contribution in [0.4, 0.5) is 0 Å². The van der Waals surface area contributed by atoms with Gasteiger partial charge in [0, 0.05) is 39.9 Å². The van der Waals surface area contributed by atoms with Gasteiger partial charge in [-0.15, -0.1) is 0 Å². The van der Waals surface area contributed by atoms with Gasteiger partial charge in [-0.05, 0) is 0 Å². The Balaban J connectivity index is 2.40. The number of carbonyl (C=O) groups excluding carboxylic acids is 4. The lowest BCUT2D eigenvalue weighted by atomic mass is 10.2. The molecule has 0 N–H and O–H groups in total. The molecule has 1 unspecified atom stereocenters. The minimum atomic E-state index is -0.680. The van der Waals surface area contributed by atoms with Crippen LogP contribution in [0.15, 0.2) is 5.76 Å². The van der Waals surface area contributed by atoms with Crippen molar-refractivity contribution in [1.29, 1.82) is 0 Å². The molecule has 140 valence electrons. The highest BCUT2D eigenvalue weighted by Gasteiger charge is 2.27. The van der Waals surface area contributed by atoms with E-state index in [1.54, 1.807) is 5.94 Å². The topological polar surface area (TPSA) is 108 Å². The predicted octanol–water partition coefficient (Wildman–Crippen LogP) is -0.148. The number of esters is 3. The smallest absolute Gasteiger partial charge is 0.307 e. The summed E-state index contributed by atoms with van der Waals surface area (Å²) in [6, 6.07) is 0. The van der Waals surface area contributed by atoms with Crippen LogP contribution in [0.3, 0.4) is 0 Å². The average molecular weight is 357 g/mol. The minimum absolute atomic E-state index is 0.00919. The van der Waals surface area contributed by atoms with Crippen molar-refractivity contribution in [2.75, 3.05) is 39.5 Å². The summed E-state index contributed by atoms with van der Waals surface area (Å²) in [5.41, 5.74) is 0. The first-order valence-corrected chi connectivity index (χ1v) is 7.98. The van der Waals surface area contributed by atoms with E-state index in [2.05, 4.69) is 0 Å². The van der Waals surface area contributed by atoms with E-state index in [1.165, 1.54) is 13.8 Å². The molecule has 9 nitrogen and oxygen atoms in total. The van der Waals surface area contributed by atoms with Crippen molar-refractivity contribution >= 4 is 23.8 Å². The first-order valence-electron chi connectivity index (χ1n) is 7.98. The van der Waals surface area contributed by atoms with Gasteiger partial charge in [0.15, 0.2) is 12.0 Å². The Hall–Kier alpha value is -2.38. The lowest BCUT2D eigenvalue weighted by Crippen LogP contribution is -2.34. The molecule has 0 saturated carbocycles. The van der Waals surface area contributed by atoms with Crippen molar-refractivity contribution in [3.05, 3.63) is 5.76 Å². The summed E-state index contributed by atoms with van der Waals surface area (Å²) in [6.07, 6.45) is -0.178. The third-order valence-electron chi connectivity index (χ3n) is 3.36. The molecule has 0 amide bonds. The van der Waals surface area contributed by atoms with Crippen molar-refractivity contribution in [3.8, 4) is 0 Å². The molecule has 0 aromatic rings. The number of hydrogen-bond donors (Lipinski definition) is 0. The Bertz CT molecular complexity index is 506. The van der Waals surface area contributed by atoms with E-state index < -0.39 is 24.0 Å². The maximum Gasteiger partial charge on any atom is 0.307 e. The fraction of sp³-hybridized carbons (Fsp3) is 0.688. The van der Waals surface area contributed by atoms with Gasteiger partial charge < -0.3 is 18.9 Å². The third-order valence-corrected chi connectivity index (χ3v) is 3.36. The SMILES string of the molecule is CC(=O)OCCN(CCOC(C)=O)CCC(=O)OC1CCOC1=C=O. The zero-order chi connectivity index (χ0) is 18.7. The maximum atomic E-state index is 11.9. The van der Waals surface area contributed by atoms with Crippen LogP contribution in [-0.2, 0) is 38.1 Å². The van der Waals surface area contributed by atoms with Gasteiger partial charge in [-0.1, -0.05) is 0 Å². The van der Waals surface area contributed by atoms with Crippen molar-refractivity contribution < 1.29 is 38.1 Å². The molecule has 1 aliphatic heterocycles. The van der Waals surface area contributed by atoms with Gasteiger partial charge >= 0.3 is 17.9 Å². The van der Waals surface area contributed by atoms with E-state index in [0.29, 0.717) is 32.7 Å². The van der Waals surface area contributed by atoms with Gasteiger partial charge in [-0.2, -0.15) is 0 Å². The molecule has 0 radical (unpaired) electrons. The fourth-order valence-electron chi connectivity index (χ4n) is 2.15. The standard InChI is InChI=1S/C16H23NO8/c1-12(19)22-9-6-17(7-10-23-13(2)20)5-3-16(21)25-14-4-8-24-15(14)11-18/h14H,3-10H2,1-2H3. The van der Waals surface area contributed by atoms with E-state index >= 15 is 0 Å². The molecule has 1 fully saturated rings. The largest absolute Gasteiger partial charge is 0.483 e. The minimum Gasteiger partial charge on any atom is -0.483 e. The Morgan fingerprint density at radius 3 is 2.24 bits per heavy atom. The highest BCUT2D eigenvalue weighted by molar-refractivity contribution is 5.70. The molecule has 0 aromatic carbocycles. The highest BCUT2D eigenvalue weighted by Crippen LogP contribution is 2.18. The zero-order valence-electron chi connectivity index (χ0n) is 14.4. The number of ether oxygens (including phenoxy) is 4. The highest BCUT2D eigenvalue weighted by atomic mass is 16.6. The van der Waals surface area contributed by atoms with Crippen LogP contribution in [0, 0.1) is 0 Å². The molecule has 0 aromatic heterocycles. The van der Waals surface area contributed by atoms with E-state index in [0.717, 1.165) is 0 Å². The molecule has 25 heavy (non-hydrogen) atoms. The number of hydrogen-bond acceptors (Lipinski definition) is 9.